The first-order valence-corrected chi connectivity index (χ1v) is 8.55. The molecule has 0 heterocycles. The number of halogens is 4. The van der Waals surface area contributed by atoms with Crippen LogP contribution in [0.3, 0.4) is 0 Å². The molecule has 1 unspecified atom stereocenters. The molecule has 0 saturated heterocycles. The van der Waals surface area contributed by atoms with E-state index in [1.54, 1.807) is 0 Å². The third kappa shape index (κ3) is 15.2. The van der Waals surface area contributed by atoms with E-state index >= 15 is 0 Å². The van der Waals surface area contributed by atoms with Crippen molar-refractivity contribution in [2.45, 2.75) is 65.1 Å². The molecule has 0 fully saturated rings. The van der Waals surface area contributed by atoms with Crippen LogP contribution in [0.2, 0.25) is 0 Å². The normalized spacial score (nSPS) is 13.0. The lowest BCUT2D eigenvalue weighted by Crippen LogP contribution is -2.43. The smallest absolute Gasteiger partial charge is 0.357 e. The second kappa shape index (κ2) is 14.4. The lowest BCUT2D eigenvalue weighted by molar-refractivity contribution is -0.157. The van der Waals surface area contributed by atoms with Crippen LogP contribution in [0.25, 0.3) is 0 Å². The quantitative estimate of drug-likeness (QED) is 0.218. The number of nitrogens with one attached hydrogen (secondary N) is 2. The number of amides is 1. The molecule has 150 valence electrons. The Hall–Kier alpha value is -0.740. The number of unbranched alkanes of at least 4 members (excludes halogenated alkanes) is 3. The number of rotatable bonds is 10. The number of aliphatic imine (C=N–C) groups is 1. The van der Waals surface area contributed by atoms with Crippen molar-refractivity contribution in [2.24, 2.45) is 4.99 Å². The van der Waals surface area contributed by atoms with Crippen molar-refractivity contribution in [1.82, 2.24) is 15.5 Å². The van der Waals surface area contributed by atoms with Gasteiger partial charge in [-0.15, -0.1) is 24.0 Å². The van der Waals surface area contributed by atoms with Crippen molar-refractivity contribution in [1.29, 1.82) is 0 Å². The van der Waals surface area contributed by atoms with E-state index < -0.39 is 18.6 Å². The number of guanidine groups is 1. The maximum atomic E-state index is 12.3. The first-order valence-electron chi connectivity index (χ1n) is 8.55. The zero-order chi connectivity index (χ0) is 18.6. The molecule has 0 saturated carbocycles. The highest BCUT2D eigenvalue weighted by atomic mass is 127. The van der Waals surface area contributed by atoms with Crippen LogP contribution < -0.4 is 10.6 Å². The topological polar surface area (TPSA) is 56.7 Å². The van der Waals surface area contributed by atoms with Crippen LogP contribution in [-0.2, 0) is 4.79 Å². The van der Waals surface area contributed by atoms with Crippen LogP contribution >= 0.6 is 24.0 Å². The fraction of sp³-hybridized carbons (Fsp3) is 0.875. The molecule has 0 bridgehead atoms. The van der Waals surface area contributed by atoms with E-state index in [4.69, 9.17) is 0 Å². The lowest BCUT2D eigenvalue weighted by Gasteiger charge is -2.20. The molecule has 1 amide bonds. The lowest BCUT2D eigenvalue weighted by atomic mass is 10.1. The molecule has 0 spiro atoms. The van der Waals surface area contributed by atoms with Gasteiger partial charge in [-0.05, 0) is 20.3 Å². The molecule has 0 radical (unpaired) electrons. The Morgan fingerprint density at radius 2 is 1.84 bits per heavy atom. The van der Waals surface area contributed by atoms with Gasteiger partial charge in [0.05, 0.1) is 0 Å². The average molecular weight is 480 g/mol. The second-order valence-corrected chi connectivity index (χ2v) is 5.95. The van der Waals surface area contributed by atoms with E-state index in [1.165, 1.54) is 19.3 Å². The molecule has 1 atom stereocenters. The Balaban J connectivity index is 0. The second-order valence-electron chi connectivity index (χ2n) is 5.95. The first kappa shape index (κ1) is 26.5. The molecular weight excluding hydrogens is 448 g/mol. The van der Waals surface area contributed by atoms with Gasteiger partial charge in [-0.3, -0.25) is 4.79 Å². The number of carbonyl (C=O) groups is 1. The Bertz CT molecular complexity index is 392. The van der Waals surface area contributed by atoms with Crippen molar-refractivity contribution in [3.8, 4) is 0 Å². The molecule has 0 rings (SSSR count). The van der Waals surface area contributed by atoms with Crippen LogP contribution in [0.4, 0.5) is 13.2 Å². The minimum atomic E-state index is -4.40. The van der Waals surface area contributed by atoms with Crippen molar-refractivity contribution >= 4 is 35.8 Å². The van der Waals surface area contributed by atoms with Crippen molar-refractivity contribution in [3.63, 3.8) is 0 Å². The molecule has 0 aromatic carbocycles. The summed E-state index contributed by atoms with van der Waals surface area (Å²) in [6.45, 7) is 5.10. The van der Waals surface area contributed by atoms with Crippen molar-refractivity contribution in [3.05, 3.63) is 0 Å². The van der Waals surface area contributed by atoms with Crippen molar-refractivity contribution in [2.75, 3.05) is 26.7 Å². The van der Waals surface area contributed by atoms with E-state index in [9.17, 15) is 18.0 Å². The van der Waals surface area contributed by atoms with Gasteiger partial charge in [-0.25, -0.2) is 4.99 Å². The van der Waals surface area contributed by atoms with Crippen molar-refractivity contribution < 1.29 is 18.0 Å². The number of alkyl halides is 3. The van der Waals surface area contributed by atoms with Crippen LogP contribution in [0.5, 0.6) is 0 Å². The molecule has 0 aromatic heterocycles. The standard InChI is InChI=1S/C16H31F3N4O.HI/c1-5-7-8-9-10-13(3)22-15(20-6-2)21-11-14(24)23(4)12-16(17,18)19;/h13H,5-12H2,1-4H3,(H2,20,21,22);1H. The van der Waals surface area contributed by atoms with Gasteiger partial charge in [0.1, 0.15) is 13.1 Å². The molecule has 2 N–H and O–H groups in total. The highest BCUT2D eigenvalue weighted by Gasteiger charge is 2.31. The monoisotopic (exact) mass is 480 g/mol. The fourth-order valence-electron chi connectivity index (χ4n) is 2.13. The molecule has 0 aliphatic rings. The highest BCUT2D eigenvalue weighted by molar-refractivity contribution is 14.0. The van der Waals surface area contributed by atoms with Gasteiger partial charge in [0.25, 0.3) is 0 Å². The fourth-order valence-corrected chi connectivity index (χ4v) is 2.13. The van der Waals surface area contributed by atoms with Gasteiger partial charge < -0.3 is 15.5 Å². The Morgan fingerprint density at radius 1 is 1.20 bits per heavy atom. The SMILES string of the molecule is CCCCCCC(C)NC(=NCC(=O)N(C)CC(F)(F)F)NCC.I. The third-order valence-electron chi connectivity index (χ3n) is 3.43. The predicted octanol–water partition coefficient (Wildman–Crippen LogP) is 3.54. The minimum absolute atomic E-state index is 0. The Morgan fingerprint density at radius 3 is 2.36 bits per heavy atom. The summed E-state index contributed by atoms with van der Waals surface area (Å²) in [6.07, 6.45) is 1.25. The molecule has 25 heavy (non-hydrogen) atoms. The maximum Gasteiger partial charge on any atom is 0.406 e. The maximum absolute atomic E-state index is 12.3. The van der Waals surface area contributed by atoms with Gasteiger partial charge in [-0.2, -0.15) is 13.2 Å². The summed E-state index contributed by atoms with van der Waals surface area (Å²) in [7, 11) is 1.13. The largest absolute Gasteiger partial charge is 0.406 e. The van der Waals surface area contributed by atoms with Gasteiger partial charge in [-0.1, -0.05) is 32.6 Å². The number of carbonyl (C=O) groups excluding carboxylic acids is 1. The van der Waals surface area contributed by atoms with Gasteiger partial charge in [0.15, 0.2) is 5.96 Å². The van der Waals surface area contributed by atoms with E-state index in [-0.39, 0.29) is 36.6 Å². The van der Waals surface area contributed by atoms with E-state index in [0.717, 1.165) is 19.9 Å². The number of nitrogens with zero attached hydrogens (tertiary/aromatic N) is 2. The number of likely N-dealkylation sites (N-methyl/N-ethyl adjacent to an activating group) is 1. The summed E-state index contributed by atoms with van der Waals surface area (Å²) in [5.74, 6) is -0.214. The third-order valence-corrected chi connectivity index (χ3v) is 3.43. The summed E-state index contributed by atoms with van der Waals surface area (Å²) < 4.78 is 36.8. The molecule has 0 aliphatic carbocycles. The summed E-state index contributed by atoms with van der Waals surface area (Å²) >= 11 is 0. The highest BCUT2D eigenvalue weighted by Crippen LogP contribution is 2.15. The molecule has 5 nitrogen and oxygen atoms in total. The van der Waals surface area contributed by atoms with Crippen LogP contribution in [0, 0.1) is 0 Å². The van der Waals surface area contributed by atoms with Crippen LogP contribution in [0.1, 0.15) is 52.9 Å². The van der Waals surface area contributed by atoms with Gasteiger partial charge in [0.2, 0.25) is 5.91 Å². The van der Waals surface area contributed by atoms with Crippen LogP contribution in [-0.4, -0.2) is 55.7 Å². The zero-order valence-corrected chi connectivity index (χ0v) is 17.9. The summed E-state index contributed by atoms with van der Waals surface area (Å²) in [4.78, 5) is 16.4. The molecule has 9 heteroatoms. The number of hydrogen-bond donors (Lipinski definition) is 2. The Kier molecular flexibility index (Phi) is 15.3. The predicted molar refractivity (Wildman–Crippen MR) is 106 cm³/mol. The summed E-state index contributed by atoms with van der Waals surface area (Å²) in [6, 6.07) is 0.183. The molecule has 0 aromatic rings. The summed E-state index contributed by atoms with van der Waals surface area (Å²) in [5.41, 5.74) is 0. The average Bonchev–Trinajstić information content (AvgIpc) is 2.47. The summed E-state index contributed by atoms with van der Waals surface area (Å²) in [5, 5.41) is 6.19. The van der Waals surface area contributed by atoms with E-state index in [2.05, 4.69) is 22.5 Å². The Labute approximate surface area is 166 Å². The minimum Gasteiger partial charge on any atom is -0.357 e. The van der Waals surface area contributed by atoms with E-state index in [0.29, 0.717) is 17.4 Å². The molecule has 0 aliphatic heterocycles. The number of hydrogen-bond acceptors (Lipinski definition) is 2. The van der Waals surface area contributed by atoms with Crippen LogP contribution in [0.15, 0.2) is 4.99 Å². The first-order chi connectivity index (χ1) is 11.2. The van der Waals surface area contributed by atoms with Gasteiger partial charge >= 0.3 is 6.18 Å². The van der Waals surface area contributed by atoms with Gasteiger partial charge in [0, 0.05) is 19.6 Å². The zero-order valence-electron chi connectivity index (χ0n) is 15.6. The van der Waals surface area contributed by atoms with E-state index in [1.807, 2.05) is 13.8 Å². The molecular formula is C16H32F3IN4O.